The number of hydrogen-bond acceptors (Lipinski definition) is 4. The van der Waals surface area contributed by atoms with Gasteiger partial charge in [0.2, 0.25) is 10.0 Å². The first-order chi connectivity index (χ1) is 10.9. The number of aromatic hydroxyl groups is 1. The van der Waals surface area contributed by atoms with E-state index in [-0.39, 0.29) is 10.6 Å². The molecule has 0 spiro atoms. The van der Waals surface area contributed by atoms with Gasteiger partial charge in [-0.25, -0.2) is 18.5 Å². The SMILES string of the molecule is CCCn1c(-c2ccc(O)cc2)nc2cc(S(N)(=O)=O)ccc21. The summed E-state index contributed by atoms with van der Waals surface area (Å²) in [6.45, 7) is 2.81. The van der Waals surface area contributed by atoms with Crippen molar-refractivity contribution in [1.29, 1.82) is 0 Å². The number of fused-ring (bicyclic) bond motifs is 1. The van der Waals surface area contributed by atoms with Crippen LogP contribution in [-0.2, 0) is 16.6 Å². The highest BCUT2D eigenvalue weighted by molar-refractivity contribution is 7.89. The number of sulfonamides is 1. The van der Waals surface area contributed by atoms with E-state index >= 15 is 0 Å². The van der Waals surface area contributed by atoms with Crippen molar-refractivity contribution >= 4 is 21.1 Å². The molecular weight excluding hydrogens is 314 g/mol. The highest BCUT2D eigenvalue weighted by atomic mass is 32.2. The van der Waals surface area contributed by atoms with Gasteiger partial charge in [0.15, 0.2) is 0 Å². The van der Waals surface area contributed by atoms with Crippen molar-refractivity contribution in [3.63, 3.8) is 0 Å². The topological polar surface area (TPSA) is 98.2 Å². The van der Waals surface area contributed by atoms with E-state index in [4.69, 9.17) is 5.14 Å². The molecule has 6 nitrogen and oxygen atoms in total. The molecule has 2 aromatic carbocycles. The van der Waals surface area contributed by atoms with E-state index in [1.54, 1.807) is 30.3 Å². The Hall–Kier alpha value is -2.38. The fraction of sp³-hybridized carbons (Fsp3) is 0.188. The van der Waals surface area contributed by atoms with Crippen molar-refractivity contribution in [2.75, 3.05) is 0 Å². The molecule has 0 fully saturated rings. The third-order valence-electron chi connectivity index (χ3n) is 3.62. The molecule has 3 rings (SSSR count). The Morgan fingerprint density at radius 1 is 1.17 bits per heavy atom. The molecule has 3 aromatic rings. The summed E-state index contributed by atoms with van der Waals surface area (Å²) in [7, 11) is -3.76. The Balaban J connectivity index is 2.24. The molecule has 0 aliphatic heterocycles. The smallest absolute Gasteiger partial charge is 0.238 e. The van der Waals surface area contributed by atoms with E-state index in [9.17, 15) is 13.5 Å². The number of hydrogen-bond donors (Lipinski definition) is 2. The largest absolute Gasteiger partial charge is 0.508 e. The van der Waals surface area contributed by atoms with E-state index in [2.05, 4.69) is 11.9 Å². The number of aryl methyl sites for hydroxylation is 1. The molecule has 1 aromatic heterocycles. The Kier molecular flexibility index (Phi) is 3.83. The van der Waals surface area contributed by atoms with Crippen LogP contribution in [0.1, 0.15) is 13.3 Å². The van der Waals surface area contributed by atoms with Gasteiger partial charge in [0.1, 0.15) is 11.6 Å². The Bertz CT molecular complexity index is 960. The minimum absolute atomic E-state index is 0.0448. The van der Waals surface area contributed by atoms with Crippen LogP contribution in [0.25, 0.3) is 22.4 Å². The van der Waals surface area contributed by atoms with Crippen molar-refractivity contribution in [1.82, 2.24) is 9.55 Å². The minimum atomic E-state index is -3.76. The number of phenols is 1. The maximum atomic E-state index is 11.5. The normalized spacial score (nSPS) is 11.9. The molecule has 0 atom stereocenters. The zero-order valence-electron chi connectivity index (χ0n) is 12.6. The van der Waals surface area contributed by atoms with E-state index < -0.39 is 10.0 Å². The van der Waals surface area contributed by atoms with Crippen molar-refractivity contribution in [3.8, 4) is 17.1 Å². The molecule has 0 radical (unpaired) electrons. The number of imidazole rings is 1. The summed E-state index contributed by atoms with van der Waals surface area (Å²) < 4.78 is 25.1. The quantitative estimate of drug-likeness (QED) is 0.767. The van der Waals surface area contributed by atoms with E-state index in [1.165, 1.54) is 12.1 Å². The van der Waals surface area contributed by atoms with Crippen LogP contribution in [0.5, 0.6) is 5.75 Å². The van der Waals surface area contributed by atoms with Gasteiger partial charge in [0.05, 0.1) is 15.9 Å². The number of benzene rings is 2. The lowest BCUT2D eigenvalue weighted by Crippen LogP contribution is -2.11. The summed E-state index contributed by atoms with van der Waals surface area (Å²) in [6, 6.07) is 11.5. The standard InChI is InChI=1S/C16H17N3O3S/c1-2-9-19-15-8-7-13(23(17,21)22)10-14(15)18-16(19)11-3-5-12(20)6-4-11/h3-8,10,20H,2,9H2,1H3,(H2,17,21,22). The molecule has 7 heteroatoms. The molecule has 0 aliphatic carbocycles. The number of nitrogens with zero attached hydrogens (tertiary/aromatic N) is 2. The van der Waals surface area contributed by atoms with E-state index in [0.29, 0.717) is 5.52 Å². The molecule has 0 saturated carbocycles. The van der Waals surface area contributed by atoms with Crippen LogP contribution in [0.15, 0.2) is 47.4 Å². The average Bonchev–Trinajstić information content (AvgIpc) is 2.86. The lowest BCUT2D eigenvalue weighted by atomic mass is 10.2. The summed E-state index contributed by atoms with van der Waals surface area (Å²) >= 11 is 0. The summed E-state index contributed by atoms with van der Waals surface area (Å²) in [5.74, 6) is 0.914. The molecule has 0 unspecified atom stereocenters. The zero-order valence-corrected chi connectivity index (χ0v) is 13.4. The first-order valence-electron chi connectivity index (χ1n) is 7.22. The van der Waals surface area contributed by atoms with Crippen LogP contribution in [-0.4, -0.2) is 23.1 Å². The Morgan fingerprint density at radius 2 is 1.87 bits per heavy atom. The number of phenolic OH excluding ortho intramolecular Hbond substituents is 1. The van der Waals surface area contributed by atoms with Crippen molar-refractivity contribution in [2.45, 2.75) is 24.8 Å². The number of nitrogens with two attached hydrogens (primary N) is 1. The predicted molar refractivity (Wildman–Crippen MR) is 88.5 cm³/mol. The second kappa shape index (κ2) is 5.68. The summed E-state index contributed by atoms with van der Waals surface area (Å²) in [6.07, 6.45) is 0.910. The van der Waals surface area contributed by atoms with Crippen molar-refractivity contribution < 1.29 is 13.5 Å². The van der Waals surface area contributed by atoms with Crippen molar-refractivity contribution in [2.24, 2.45) is 5.14 Å². The molecule has 0 amide bonds. The zero-order chi connectivity index (χ0) is 16.6. The minimum Gasteiger partial charge on any atom is -0.508 e. The fourth-order valence-electron chi connectivity index (χ4n) is 2.57. The molecule has 1 heterocycles. The maximum absolute atomic E-state index is 11.5. The van der Waals surface area contributed by atoms with Crippen LogP contribution in [0.4, 0.5) is 0 Å². The molecule has 3 N–H and O–H groups in total. The molecule has 23 heavy (non-hydrogen) atoms. The van der Waals surface area contributed by atoms with Gasteiger partial charge in [-0.2, -0.15) is 0 Å². The van der Waals surface area contributed by atoms with Crippen LogP contribution >= 0.6 is 0 Å². The maximum Gasteiger partial charge on any atom is 0.238 e. The third-order valence-corrected chi connectivity index (χ3v) is 4.53. The van der Waals surface area contributed by atoms with Gasteiger partial charge >= 0.3 is 0 Å². The van der Waals surface area contributed by atoms with Gasteiger partial charge in [0.25, 0.3) is 0 Å². The van der Waals surface area contributed by atoms with Gasteiger partial charge < -0.3 is 9.67 Å². The third kappa shape index (κ3) is 2.93. The lowest BCUT2D eigenvalue weighted by molar-refractivity contribution is 0.475. The van der Waals surface area contributed by atoms with Crippen LogP contribution in [0, 0.1) is 0 Å². The predicted octanol–water partition coefficient (Wildman–Crippen LogP) is 2.47. The first kappa shape index (κ1) is 15.5. The van der Waals surface area contributed by atoms with Crippen LogP contribution < -0.4 is 5.14 Å². The average molecular weight is 331 g/mol. The first-order valence-corrected chi connectivity index (χ1v) is 8.77. The Labute approximate surface area is 134 Å². The summed E-state index contributed by atoms with van der Waals surface area (Å²) in [5.41, 5.74) is 2.28. The Morgan fingerprint density at radius 3 is 2.48 bits per heavy atom. The van der Waals surface area contributed by atoms with Crippen LogP contribution in [0.2, 0.25) is 0 Å². The molecule has 0 aliphatic rings. The molecule has 0 bridgehead atoms. The number of aromatic nitrogens is 2. The number of rotatable bonds is 4. The van der Waals surface area contributed by atoms with Crippen LogP contribution in [0.3, 0.4) is 0 Å². The monoisotopic (exact) mass is 331 g/mol. The fourth-order valence-corrected chi connectivity index (χ4v) is 3.10. The van der Waals surface area contributed by atoms with Gasteiger partial charge in [-0.05, 0) is 48.9 Å². The molecule has 120 valence electrons. The van der Waals surface area contributed by atoms with Gasteiger partial charge in [0, 0.05) is 12.1 Å². The van der Waals surface area contributed by atoms with Crippen molar-refractivity contribution in [3.05, 3.63) is 42.5 Å². The van der Waals surface area contributed by atoms with E-state index in [1.807, 2.05) is 4.57 Å². The second-order valence-electron chi connectivity index (χ2n) is 5.33. The highest BCUT2D eigenvalue weighted by Gasteiger charge is 2.15. The van der Waals surface area contributed by atoms with Gasteiger partial charge in [-0.1, -0.05) is 6.92 Å². The van der Waals surface area contributed by atoms with E-state index in [0.717, 1.165) is 29.9 Å². The highest BCUT2D eigenvalue weighted by Crippen LogP contribution is 2.27. The molecular formula is C16H17N3O3S. The van der Waals surface area contributed by atoms with Gasteiger partial charge in [-0.3, -0.25) is 0 Å². The second-order valence-corrected chi connectivity index (χ2v) is 6.89. The summed E-state index contributed by atoms with van der Waals surface area (Å²) in [5, 5.41) is 14.6. The summed E-state index contributed by atoms with van der Waals surface area (Å²) in [4.78, 5) is 4.61. The number of primary sulfonamides is 1. The van der Waals surface area contributed by atoms with Gasteiger partial charge in [-0.15, -0.1) is 0 Å². The lowest BCUT2D eigenvalue weighted by Gasteiger charge is -2.08. The molecule has 0 saturated heterocycles.